The number of anilines is 1. The number of carbonyl (C=O) groups excluding carboxylic acids is 1. The number of rotatable bonds is 3. The molecular formula is C32H32F2N6O2S. The zero-order chi connectivity index (χ0) is 30.4. The van der Waals surface area contributed by atoms with E-state index in [1.807, 2.05) is 31.7 Å². The van der Waals surface area contributed by atoms with Crippen molar-refractivity contribution in [1.29, 1.82) is 0 Å². The Morgan fingerprint density at radius 3 is 2.72 bits per heavy atom. The molecular weight excluding hydrogens is 570 g/mol. The van der Waals surface area contributed by atoms with Crippen LogP contribution >= 0.6 is 11.8 Å². The van der Waals surface area contributed by atoms with Crippen LogP contribution in [0.15, 0.2) is 58.9 Å². The van der Waals surface area contributed by atoms with E-state index in [2.05, 4.69) is 16.5 Å². The number of pyridine rings is 2. The maximum absolute atomic E-state index is 16.2. The van der Waals surface area contributed by atoms with Crippen LogP contribution in [0.4, 0.5) is 14.6 Å². The van der Waals surface area contributed by atoms with Gasteiger partial charge in [0.25, 0.3) is 0 Å². The summed E-state index contributed by atoms with van der Waals surface area (Å²) < 4.78 is 33.0. The van der Waals surface area contributed by atoms with Gasteiger partial charge in [0.2, 0.25) is 5.91 Å². The number of thioether (sulfide) groups is 1. The van der Waals surface area contributed by atoms with E-state index in [1.54, 1.807) is 23.2 Å². The number of hydrogen-bond acceptors (Lipinski definition) is 7. The van der Waals surface area contributed by atoms with Crippen molar-refractivity contribution in [2.45, 2.75) is 50.5 Å². The summed E-state index contributed by atoms with van der Waals surface area (Å²) in [6.07, 6.45) is 4.42. The third-order valence-corrected chi connectivity index (χ3v) is 9.20. The highest BCUT2D eigenvalue weighted by atomic mass is 32.2. The molecule has 1 aromatic carbocycles. The van der Waals surface area contributed by atoms with E-state index in [4.69, 9.17) is 4.98 Å². The van der Waals surface area contributed by atoms with E-state index in [9.17, 15) is 9.59 Å². The van der Waals surface area contributed by atoms with Crippen LogP contribution in [0.5, 0.6) is 0 Å². The number of halogens is 2. The van der Waals surface area contributed by atoms with Crippen LogP contribution in [-0.2, 0) is 11.2 Å². The van der Waals surface area contributed by atoms with Crippen molar-refractivity contribution in [3.63, 3.8) is 0 Å². The number of piperazine rings is 1. The molecule has 8 nitrogen and oxygen atoms in total. The van der Waals surface area contributed by atoms with Crippen LogP contribution in [0, 0.1) is 11.6 Å². The summed E-state index contributed by atoms with van der Waals surface area (Å²) in [5.74, 6) is -0.573. The second kappa shape index (κ2) is 11.5. The molecule has 6 rings (SSSR count). The highest BCUT2D eigenvalue weighted by Crippen LogP contribution is 2.39. The molecule has 1 amide bonds. The molecule has 43 heavy (non-hydrogen) atoms. The normalized spacial score (nSPS) is 16.9. The first-order chi connectivity index (χ1) is 20.7. The molecule has 0 radical (unpaired) electrons. The first-order valence-electron chi connectivity index (χ1n) is 14.4. The zero-order valence-electron chi connectivity index (χ0n) is 24.3. The summed E-state index contributed by atoms with van der Waals surface area (Å²) >= 11 is 1.46. The summed E-state index contributed by atoms with van der Waals surface area (Å²) in [6.45, 7) is 10.6. The molecule has 0 unspecified atom stereocenters. The lowest BCUT2D eigenvalue weighted by Crippen LogP contribution is -2.54. The Kier molecular flexibility index (Phi) is 7.76. The summed E-state index contributed by atoms with van der Waals surface area (Å²) in [6, 6.07) is 7.65. The molecule has 0 N–H and O–H groups in total. The fourth-order valence-corrected chi connectivity index (χ4v) is 7.02. The Labute approximate surface area is 252 Å². The van der Waals surface area contributed by atoms with E-state index in [0.717, 1.165) is 12.0 Å². The second-order valence-corrected chi connectivity index (χ2v) is 12.3. The average molecular weight is 603 g/mol. The third kappa shape index (κ3) is 5.09. The van der Waals surface area contributed by atoms with Gasteiger partial charge in [-0.3, -0.25) is 9.78 Å². The smallest absolute Gasteiger partial charge is 0.350 e. The average Bonchev–Trinajstić information content (AvgIpc) is 2.98. The van der Waals surface area contributed by atoms with Gasteiger partial charge in [-0.2, -0.15) is 4.98 Å². The maximum Gasteiger partial charge on any atom is 0.355 e. The molecule has 5 heterocycles. The molecule has 3 aromatic heterocycles. The summed E-state index contributed by atoms with van der Waals surface area (Å²) in [5, 5.41) is 0.323. The van der Waals surface area contributed by atoms with Gasteiger partial charge in [-0.15, -0.1) is 11.8 Å². The molecule has 4 aromatic rings. The van der Waals surface area contributed by atoms with Gasteiger partial charge < -0.3 is 9.80 Å². The minimum absolute atomic E-state index is 0.0348. The van der Waals surface area contributed by atoms with Crippen molar-refractivity contribution in [2.75, 3.05) is 30.3 Å². The van der Waals surface area contributed by atoms with E-state index in [-0.39, 0.29) is 40.6 Å². The van der Waals surface area contributed by atoms with Crippen molar-refractivity contribution < 1.29 is 13.6 Å². The van der Waals surface area contributed by atoms with Crippen molar-refractivity contribution in [3.8, 4) is 16.9 Å². The lowest BCUT2D eigenvalue weighted by atomic mass is 10.0. The van der Waals surface area contributed by atoms with Gasteiger partial charge in [-0.25, -0.2) is 23.1 Å². The van der Waals surface area contributed by atoms with Gasteiger partial charge in [0.1, 0.15) is 17.3 Å². The second-order valence-electron chi connectivity index (χ2n) is 11.2. The molecule has 1 saturated heterocycles. The van der Waals surface area contributed by atoms with Gasteiger partial charge >= 0.3 is 5.69 Å². The molecule has 0 spiro atoms. The van der Waals surface area contributed by atoms with Crippen LogP contribution in [0.25, 0.3) is 28.0 Å². The van der Waals surface area contributed by atoms with Gasteiger partial charge in [0.15, 0.2) is 11.5 Å². The number of nitrogens with zero attached hydrogens (tertiary/aromatic N) is 6. The highest BCUT2D eigenvalue weighted by molar-refractivity contribution is 7.99. The lowest BCUT2D eigenvalue weighted by molar-refractivity contribution is -0.126. The molecule has 1 fully saturated rings. The number of amides is 1. The molecule has 2 aliphatic heterocycles. The molecule has 222 valence electrons. The molecule has 2 bridgehead atoms. The fourth-order valence-electron chi connectivity index (χ4n) is 6.00. The SMILES string of the molecule is C=CC(=O)N1CCN(c2nc(=O)n3c4nc(c(F)cc24)-c2c(F)cccc2SCCCc2ccnc(C(C)C)c2-3)[C@@H](C)C1. The Morgan fingerprint density at radius 2 is 1.98 bits per heavy atom. The van der Waals surface area contributed by atoms with Crippen LogP contribution < -0.4 is 10.6 Å². The quantitative estimate of drug-likeness (QED) is 0.286. The van der Waals surface area contributed by atoms with E-state index in [1.165, 1.54) is 34.5 Å². The van der Waals surface area contributed by atoms with Crippen LogP contribution in [0.3, 0.4) is 0 Å². The molecule has 0 saturated carbocycles. The number of fused-ring (bicyclic) bond motifs is 5. The molecule has 0 aliphatic carbocycles. The standard InChI is InChI=1S/C32H32F2N6O2S/c1-5-25(41)38-13-14-39(19(4)17-38)30-21-16-23(34)28-26-22(33)9-6-10-24(26)43-15-7-8-20-11-12-35-27(18(2)3)29(20)40(31(21)36-28)32(42)37-30/h5-6,9-12,16,18-19H,1,7-8,13-15,17H2,2-4H3/t19-/m0/s1. The Bertz CT molecular complexity index is 1820. The lowest BCUT2D eigenvalue weighted by Gasteiger charge is -2.40. The third-order valence-electron chi connectivity index (χ3n) is 8.05. The number of aromatic nitrogens is 4. The van der Waals surface area contributed by atoms with E-state index in [0.29, 0.717) is 53.5 Å². The summed E-state index contributed by atoms with van der Waals surface area (Å²) in [4.78, 5) is 44.5. The number of benzene rings is 1. The topological polar surface area (TPSA) is 84.2 Å². The molecule has 1 atom stereocenters. The van der Waals surface area contributed by atoms with E-state index < -0.39 is 17.3 Å². The number of carbonyl (C=O) groups is 1. The number of hydrogen-bond donors (Lipinski definition) is 0. The zero-order valence-corrected chi connectivity index (χ0v) is 25.1. The predicted octanol–water partition coefficient (Wildman–Crippen LogP) is 5.51. The van der Waals surface area contributed by atoms with Gasteiger partial charge in [-0.1, -0.05) is 26.5 Å². The molecule has 2 aliphatic rings. The van der Waals surface area contributed by atoms with Crippen LogP contribution in [-0.4, -0.2) is 61.8 Å². The molecule has 11 heteroatoms. The Balaban J connectivity index is 1.68. The largest absolute Gasteiger partial charge is 0.355 e. The monoisotopic (exact) mass is 602 g/mol. The first-order valence-corrected chi connectivity index (χ1v) is 15.4. The van der Waals surface area contributed by atoms with Crippen molar-refractivity contribution >= 4 is 34.5 Å². The first kappa shape index (κ1) is 29.0. The summed E-state index contributed by atoms with van der Waals surface area (Å²) in [7, 11) is 0. The Hall–Kier alpha value is -4.12. The minimum Gasteiger partial charge on any atom is -0.350 e. The van der Waals surface area contributed by atoms with Gasteiger partial charge in [0.05, 0.1) is 22.3 Å². The van der Waals surface area contributed by atoms with Crippen LogP contribution in [0.1, 0.15) is 44.4 Å². The summed E-state index contributed by atoms with van der Waals surface area (Å²) in [5.41, 5.74) is 1.71. The van der Waals surface area contributed by atoms with Crippen molar-refractivity contribution in [1.82, 2.24) is 24.4 Å². The van der Waals surface area contributed by atoms with E-state index >= 15 is 8.78 Å². The Morgan fingerprint density at radius 1 is 1.16 bits per heavy atom. The van der Waals surface area contributed by atoms with Crippen molar-refractivity contribution in [2.24, 2.45) is 0 Å². The van der Waals surface area contributed by atoms with Crippen LogP contribution in [0.2, 0.25) is 0 Å². The fraction of sp³-hybridized carbons (Fsp3) is 0.344. The van der Waals surface area contributed by atoms with Gasteiger partial charge in [0, 0.05) is 36.8 Å². The van der Waals surface area contributed by atoms with Gasteiger partial charge in [-0.05, 0) is 67.3 Å². The predicted molar refractivity (Wildman–Crippen MR) is 165 cm³/mol. The minimum atomic E-state index is -0.714. The number of aryl methyl sites for hydroxylation is 1. The maximum atomic E-state index is 16.2. The van der Waals surface area contributed by atoms with Crippen molar-refractivity contribution in [3.05, 3.63) is 82.6 Å². The highest BCUT2D eigenvalue weighted by Gasteiger charge is 2.31.